The Morgan fingerprint density at radius 1 is 1.41 bits per heavy atom. The van der Waals surface area contributed by atoms with Crippen molar-refractivity contribution in [3.63, 3.8) is 0 Å². The van der Waals surface area contributed by atoms with Crippen LogP contribution >= 0.6 is 0 Å². The molecule has 0 fully saturated rings. The molecular formula is C13H19FN2O. The van der Waals surface area contributed by atoms with Crippen molar-refractivity contribution in [1.29, 1.82) is 0 Å². The summed E-state index contributed by atoms with van der Waals surface area (Å²) in [4.78, 5) is 11.6. The summed E-state index contributed by atoms with van der Waals surface area (Å²) < 4.78 is 12.7. The van der Waals surface area contributed by atoms with Crippen LogP contribution in [0.5, 0.6) is 0 Å². The highest BCUT2D eigenvalue weighted by atomic mass is 19.1. The molecule has 1 atom stereocenters. The molecule has 0 saturated heterocycles. The fraction of sp³-hybridized carbons (Fsp3) is 0.462. The van der Waals surface area contributed by atoms with Gasteiger partial charge in [-0.1, -0.05) is 19.1 Å². The smallest absolute Gasteiger partial charge is 0.224 e. The lowest BCUT2D eigenvalue weighted by Crippen LogP contribution is -2.35. The zero-order valence-corrected chi connectivity index (χ0v) is 10.1. The molecule has 3 N–H and O–H groups in total. The number of carbonyl (C=O) groups excluding carboxylic acids is 1. The van der Waals surface area contributed by atoms with Crippen LogP contribution in [0.25, 0.3) is 0 Å². The van der Waals surface area contributed by atoms with E-state index in [1.165, 1.54) is 12.1 Å². The van der Waals surface area contributed by atoms with Crippen LogP contribution in [0.2, 0.25) is 0 Å². The first-order chi connectivity index (χ1) is 8.17. The van der Waals surface area contributed by atoms with Gasteiger partial charge in [0.1, 0.15) is 5.82 Å². The number of nitrogens with one attached hydrogen (secondary N) is 1. The number of hydrogen-bond donors (Lipinski definition) is 2. The molecule has 3 nitrogen and oxygen atoms in total. The van der Waals surface area contributed by atoms with Crippen molar-refractivity contribution in [3.05, 3.63) is 35.6 Å². The van der Waals surface area contributed by atoms with Crippen molar-refractivity contribution in [1.82, 2.24) is 5.32 Å². The van der Waals surface area contributed by atoms with Gasteiger partial charge >= 0.3 is 0 Å². The number of hydrogen-bond acceptors (Lipinski definition) is 2. The summed E-state index contributed by atoms with van der Waals surface area (Å²) in [6.07, 6.45) is 1.45. The molecule has 1 aromatic rings. The Kier molecular flexibility index (Phi) is 5.63. The maximum Gasteiger partial charge on any atom is 0.224 e. The zero-order valence-electron chi connectivity index (χ0n) is 10.1. The van der Waals surface area contributed by atoms with Crippen molar-refractivity contribution >= 4 is 5.91 Å². The molecule has 0 aliphatic heterocycles. The van der Waals surface area contributed by atoms with Gasteiger partial charge < -0.3 is 11.1 Å². The maximum atomic E-state index is 12.7. The fourth-order valence-electron chi connectivity index (χ4n) is 1.58. The average Bonchev–Trinajstić information content (AvgIpc) is 2.33. The van der Waals surface area contributed by atoms with E-state index in [2.05, 4.69) is 5.32 Å². The minimum atomic E-state index is -0.244. The van der Waals surface area contributed by atoms with Gasteiger partial charge in [0.15, 0.2) is 0 Å². The average molecular weight is 238 g/mol. The number of halogens is 1. The Labute approximate surface area is 101 Å². The quantitative estimate of drug-likeness (QED) is 0.788. The summed E-state index contributed by atoms with van der Waals surface area (Å²) in [5.41, 5.74) is 6.49. The van der Waals surface area contributed by atoms with Crippen LogP contribution < -0.4 is 11.1 Å². The molecule has 4 heteroatoms. The second-order valence-electron chi connectivity index (χ2n) is 4.01. The molecule has 0 saturated carbocycles. The third kappa shape index (κ3) is 4.53. The van der Waals surface area contributed by atoms with E-state index in [1.54, 1.807) is 12.1 Å². The standard InChI is InChI=1S/C13H19FN2O/c1-2-11(9-15)13(17)16-8-7-10-3-5-12(14)6-4-10/h3-6,11H,2,7-9,15H2,1H3,(H,16,17). The molecule has 94 valence electrons. The Morgan fingerprint density at radius 3 is 2.59 bits per heavy atom. The summed E-state index contributed by atoms with van der Waals surface area (Å²) in [5, 5.41) is 2.84. The Hall–Kier alpha value is -1.42. The van der Waals surface area contributed by atoms with Crippen molar-refractivity contribution in [2.75, 3.05) is 13.1 Å². The predicted molar refractivity (Wildman–Crippen MR) is 65.9 cm³/mol. The van der Waals surface area contributed by atoms with E-state index in [9.17, 15) is 9.18 Å². The highest BCUT2D eigenvalue weighted by Crippen LogP contribution is 2.03. The Bertz CT molecular complexity index is 347. The molecule has 0 spiro atoms. The van der Waals surface area contributed by atoms with Crippen LogP contribution in [0.1, 0.15) is 18.9 Å². The highest BCUT2D eigenvalue weighted by Gasteiger charge is 2.13. The molecule has 0 aliphatic carbocycles. The molecule has 1 unspecified atom stereocenters. The second kappa shape index (κ2) is 7.01. The summed E-state index contributed by atoms with van der Waals surface area (Å²) in [6, 6.07) is 6.29. The van der Waals surface area contributed by atoms with Crippen molar-refractivity contribution in [3.8, 4) is 0 Å². The SMILES string of the molecule is CCC(CN)C(=O)NCCc1ccc(F)cc1. The number of benzene rings is 1. The van der Waals surface area contributed by atoms with Crippen LogP contribution in [-0.2, 0) is 11.2 Å². The van der Waals surface area contributed by atoms with E-state index in [-0.39, 0.29) is 17.6 Å². The minimum absolute atomic E-state index is 0.00267. The molecule has 1 aromatic carbocycles. The van der Waals surface area contributed by atoms with Gasteiger partial charge in [0, 0.05) is 19.0 Å². The fourth-order valence-corrected chi connectivity index (χ4v) is 1.58. The van der Waals surface area contributed by atoms with Crippen LogP contribution in [0.15, 0.2) is 24.3 Å². The van der Waals surface area contributed by atoms with E-state index in [0.29, 0.717) is 19.5 Å². The first-order valence-corrected chi connectivity index (χ1v) is 5.89. The topological polar surface area (TPSA) is 55.1 Å². The van der Waals surface area contributed by atoms with Gasteiger partial charge in [-0.2, -0.15) is 0 Å². The summed E-state index contributed by atoms with van der Waals surface area (Å²) in [5.74, 6) is -0.354. The molecular weight excluding hydrogens is 219 g/mol. The molecule has 0 heterocycles. The van der Waals surface area contributed by atoms with Crippen molar-refractivity contribution in [2.24, 2.45) is 11.7 Å². The minimum Gasteiger partial charge on any atom is -0.355 e. The largest absolute Gasteiger partial charge is 0.355 e. The van der Waals surface area contributed by atoms with Crippen molar-refractivity contribution < 1.29 is 9.18 Å². The van der Waals surface area contributed by atoms with E-state index in [4.69, 9.17) is 5.73 Å². The molecule has 0 bridgehead atoms. The Morgan fingerprint density at radius 2 is 2.06 bits per heavy atom. The van der Waals surface area contributed by atoms with Gasteiger partial charge in [0.2, 0.25) is 5.91 Å². The molecule has 0 aliphatic rings. The zero-order chi connectivity index (χ0) is 12.7. The van der Waals surface area contributed by atoms with E-state index < -0.39 is 0 Å². The number of rotatable bonds is 6. The lowest BCUT2D eigenvalue weighted by Gasteiger charge is -2.12. The van der Waals surface area contributed by atoms with Crippen LogP contribution in [-0.4, -0.2) is 19.0 Å². The molecule has 17 heavy (non-hydrogen) atoms. The first-order valence-electron chi connectivity index (χ1n) is 5.89. The third-order valence-electron chi connectivity index (χ3n) is 2.77. The predicted octanol–water partition coefficient (Wildman–Crippen LogP) is 1.47. The maximum absolute atomic E-state index is 12.7. The molecule has 1 amide bonds. The lowest BCUT2D eigenvalue weighted by molar-refractivity contribution is -0.124. The van der Waals surface area contributed by atoms with Gasteiger partial charge in [-0.25, -0.2) is 4.39 Å². The van der Waals surface area contributed by atoms with Gasteiger partial charge in [0.05, 0.1) is 0 Å². The Balaban J connectivity index is 2.32. The number of amides is 1. The molecule has 1 rings (SSSR count). The lowest BCUT2D eigenvalue weighted by atomic mass is 10.1. The van der Waals surface area contributed by atoms with E-state index in [1.807, 2.05) is 6.92 Å². The van der Waals surface area contributed by atoms with Gasteiger partial charge in [0.25, 0.3) is 0 Å². The normalized spacial score (nSPS) is 12.2. The number of carbonyl (C=O) groups is 1. The summed E-state index contributed by atoms with van der Waals surface area (Å²) in [6.45, 7) is 2.87. The van der Waals surface area contributed by atoms with Crippen LogP contribution in [0.3, 0.4) is 0 Å². The third-order valence-corrected chi connectivity index (χ3v) is 2.77. The van der Waals surface area contributed by atoms with Gasteiger partial charge in [-0.05, 0) is 30.5 Å². The number of nitrogens with two attached hydrogens (primary N) is 1. The van der Waals surface area contributed by atoms with E-state index >= 15 is 0 Å². The first kappa shape index (κ1) is 13.6. The summed E-state index contributed by atoms with van der Waals surface area (Å²) in [7, 11) is 0. The second-order valence-corrected chi connectivity index (χ2v) is 4.01. The van der Waals surface area contributed by atoms with Gasteiger partial charge in [-0.15, -0.1) is 0 Å². The molecule has 0 radical (unpaired) electrons. The summed E-state index contributed by atoms with van der Waals surface area (Å²) >= 11 is 0. The van der Waals surface area contributed by atoms with Crippen LogP contribution in [0.4, 0.5) is 4.39 Å². The van der Waals surface area contributed by atoms with Crippen LogP contribution in [0, 0.1) is 11.7 Å². The highest BCUT2D eigenvalue weighted by molar-refractivity contribution is 5.78. The van der Waals surface area contributed by atoms with Gasteiger partial charge in [-0.3, -0.25) is 4.79 Å². The monoisotopic (exact) mass is 238 g/mol. The van der Waals surface area contributed by atoms with Crippen molar-refractivity contribution in [2.45, 2.75) is 19.8 Å². The van der Waals surface area contributed by atoms with E-state index in [0.717, 1.165) is 12.0 Å². The molecule has 0 aromatic heterocycles.